The normalized spacial score (nSPS) is 15.2. The highest BCUT2D eigenvalue weighted by molar-refractivity contribution is 7.24. The highest BCUT2D eigenvalue weighted by Gasteiger charge is 2.56. The SMILES string of the molecule is CCC(C)c1cc2c3c(c1)c1cc(C(C)CC)cc4c1n3-c1c(ccc3c1B2c1cccc2c(-c5ccccc5)c(-c5ccccc5)n-3c12)[Si]41c2ccccc2-c2ccccc21. The molecule has 4 aliphatic rings. The van der Waals surface area contributed by atoms with Crippen molar-refractivity contribution in [2.75, 3.05) is 0 Å². The highest BCUT2D eigenvalue weighted by Crippen LogP contribution is 2.47. The van der Waals surface area contributed by atoms with Crippen molar-refractivity contribution in [3.63, 3.8) is 0 Å². The minimum Gasteiger partial charge on any atom is -0.310 e. The van der Waals surface area contributed by atoms with Crippen molar-refractivity contribution < 1.29 is 0 Å². The van der Waals surface area contributed by atoms with Crippen LogP contribution in [-0.2, 0) is 0 Å². The van der Waals surface area contributed by atoms with Gasteiger partial charge in [0.2, 0.25) is 0 Å². The molecule has 4 aliphatic heterocycles. The lowest BCUT2D eigenvalue weighted by molar-refractivity contribution is 0.735. The number of aromatic nitrogens is 2. The van der Waals surface area contributed by atoms with Crippen LogP contribution >= 0.6 is 0 Å². The molecule has 2 atom stereocenters. The fourth-order valence-electron chi connectivity index (χ4n) is 12.8. The van der Waals surface area contributed by atoms with Crippen LogP contribution in [0.5, 0.6) is 0 Å². The van der Waals surface area contributed by atoms with Gasteiger partial charge in [-0.3, -0.25) is 0 Å². The second-order valence-corrected chi connectivity index (χ2v) is 22.3. The van der Waals surface area contributed by atoms with E-state index in [-0.39, 0.29) is 6.71 Å². The third-order valence-electron chi connectivity index (χ3n) is 15.9. The highest BCUT2D eigenvalue weighted by atomic mass is 28.3. The van der Waals surface area contributed by atoms with Crippen LogP contribution in [0, 0.1) is 0 Å². The minimum absolute atomic E-state index is 0.0788. The van der Waals surface area contributed by atoms with Crippen molar-refractivity contribution in [1.29, 1.82) is 0 Å². The Hall–Kier alpha value is -6.62. The van der Waals surface area contributed by atoms with Gasteiger partial charge in [0.15, 0.2) is 8.07 Å². The van der Waals surface area contributed by atoms with Crippen LogP contribution < -0.4 is 37.1 Å². The molecule has 0 bridgehead atoms. The van der Waals surface area contributed by atoms with Gasteiger partial charge in [-0.05, 0) is 113 Å². The molecule has 0 aliphatic carbocycles. The molecular weight excluding hydrogens is 764 g/mol. The van der Waals surface area contributed by atoms with Crippen molar-refractivity contribution in [1.82, 2.24) is 9.13 Å². The molecule has 294 valence electrons. The Labute approximate surface area is 364 Å². The zero-order valence-electron chi connectivity index (χ0n) is 35.6. The lowest BCUT2D eigenvalue weighted by Gasteiger charge is -2.43. The van der Waals surface area contributed by atoms with Crippen molar-refractivity contribution >= 4 is 84.6 Å². The molecular formula is C58H45BN2Si. The van der Waals surface area contributed by atoms with Gasteiger partial charge in [0.25, 0.3) is 6.71 Å². The molecule has 0 N–H and O–H groups in total. The van der Waals surface area contributed by atoms with E-state index in [0.29, 0.717) is 11.8 Å². The summed E-state index contributed by atoms with van der Waals surface area (Å²) in [6, 6.07) is 64.2. The molecule has 8 aromatic carbocycles. The predicted molar refractivity (Wildman–Crippen MR) is 267 cm³/mol. The Morgan fingerprint density at radius 2 is 1.08 bits per heavy atom. The zero-order chi connectivity index (χ0) is 41.2. The van der Waals surface area contributed by atoms with E-state index in [0.717, 1.165) is 12.8 Å². The smallest absolute Gasteiger partial charge is 0.252 e. The molecule has 2 unspecified atom stereocenters. The monoisotopic (exact) mass is 808 g/mol. The van der Waals surface area contributed by atoms with Gasteiger partial charge in [0.1, 0.15) is 0 Å². The number of benzene rings is 8. The van der Waals surface area contributed by atoms with Gasteiger partial charge >= 0.3 is 0 Å². The van der Waals surface area contributed by atoms with E-state index in [1.807, 2.05) is 0 Å². The quantitative estimate of drug-likeness (QED) is 0.148. The predicted octanol–water partition coefficient (Wildman–Crippen LogP) is 9.90. The molecule has 2 aromatic heterocycles. The van der Waals surface area contributed by atoms with E-state index >= 15 is 0 Å². The summed E-state index contributed by atoms with van der Waals surface area (Å²) in [5, 5.41) is 10.4. The van der Waals surface area contributed by atoms with Crippen molar-refractivity contribution in [2.24, 2.45) is 0 Å². The fourth-order valence-corrected chi connectivity index (χ4v) is 18.4. The molecule has 2 nitrogen and oxygen atoms in total. The number of hydrogen-bond donors (Lipinski definition) is 0. The average molecular weight is 809 g/mol. The molecule has 14 rings (SSSR count). The Morgan fingerprint density at radius 3 is 1.76 bits per heavy atom. The van der Waals surface area contributed by atoms with E-state index in [4.69, 9.17) is 0 Å². The van der Waals surface area contributed by atoms with Crippen molar-refractivity contribution in [2.45, 2.75) is 52.4 Å². The molecule has 62 heavy (non-hydrogen) atoms. The maximum atomic E-state index is 2.80. The van der Waals surface area contributed by atoms with E-state index < -0.39 is 8.07 Å². The van der Waals surface area contributed by atoms with Gasteiger partial charge in [-0.25, -0.2) is 0 Å². The third-order valence-corrected chi connectivity index (χ3v) is 20.7. The summed E-state index contributed by atoms with van der Waals surface area (Å²) in [6.07, 6.45) is 2.21. The molecule has 0 saturated heterocycles. The Balaban J connectivity index is 1.25. The summed E-state index contributed by atoms with van der Waals surface area (Å²) in [4.78, 5) is 0. The summed E-state index contributed by atoms with van der Waals surface area (Å²) >= 11 is 0. The van der Waals surface area contributed by atoms with E-state index in [9.17, 15) is 0 Å². The topological polar surface area (TPSA) is 9.86 Å². The minimum atomic E-state index is -2.88. The van der Waals surface area contributed by atoms with Crippen LogP contribution in [0.1, 0.15) is 63.5 Å². The molecule has 0 radical (unpaired) electrons. The molecule has 10 aromatic rings. The third kappa shape index (κ3) is 4.04. The van der Waals surface area contributed by atoms with Gasteiger partial charge in [-0.1, -0.05) is 173 Å². The zero-order valence-corrected chi connectivity index (χ0v) is 36.6. The second-order valence-electron chi connectivity index (χ2n) is 18.6. The van der Waals surface area contributed by atoms with Crippen LogP contribution in [0.3, 0.4) is 0 Å². The van der Waals surface area contributed by atoms with Crippen molar-refractivity contribution in [3.05, 3.63) is 175 Å². The first-order valence-electron chi connectivity index (χ1n) is 22.9. The first-order valence-corrected chi connectivity index (χ1v) is 24.9. The maximum Gasteiger partial charge on any atom is 0.252 e. The number of hydrogen-bond acceptors (Lipinski definition) is 0. The molecule has 4 heteroatoms. The molecule has 6 heterocycles. The Kier molecular flexibility index (Phi) is 6.93. The van der Waals surface area contributed by atoms with Crippen LogP contribution in [0.4, 0.5) is 0 Å². The van der Waals surface area contributed by atoms with Crippen LogP contribution in [0.15, 0.2) is 164 Å². The second kappa shape index (κ2) is 12.3. The Bertz CT molecular complexity index is 3550. The first-order chi connectivity index (χ1) is 30.5. The lowest BCUT2D eigenvalue weighted by Crippen LogP contribution is -2.77. The average Bonchev–Trinajstić information content (AvgIpc) is 3.96. The number of para-hydroxylation sites is 1. The molecule has 0 fully saturated rings. The van der Waals surface area contributed by atoms with Crippen LogP contribution in [0.25, 0.3) is 77.6 Å². The van der Waals surface area contributed by atoms with Gasteiger partial charge in [-0.15, -0.1) is 0 Å². The van der Waals surface area contributed by atoms with Gasteiger partial charge < -0.3 is 9.13 Å². The van der Waals surface area contributed by atoms with E-state index in [2.05, 4.69) is 201 Å². The van der Waals surface area contributed by atoms with E-state index in [1.165, 1.54) is 121 Å². The maximum absolute atomic E-state index is 2.88. The molecule has 0 amide bonds. The summed E-state index contributed by atoms with van der Waals surface area (Å²) < 4.78 is 5.49. The first kappa shape index (κ1) is 35.0. The summed E-state index contributed by atoms with van der Waals surface area (Å²) in [7, 11) is -2.88. The number of nitrogens with zero attached hydrogens (tertiary/aromatic N) is 2. The summed E-state index contributed by atoms with van der Waals surface area (Å²) in [5.74, 6) is 0.887. The van der Waals surface area contributed by atoms with E-state index in [1.54, 1.807) is 5.19 Å². The van der Waals surface area contributed by atoms with Gasteiger partial charge in [0, 0.05) is 44.1 Å². The Morgan fingerprint density at radius 1 is 0.484 bits per heavy atom. The van der Waals surface area contributed by atoms with Crippen molar-refractivity contribution in [3.8, 4) is 44.9 Å². The van der Waals surface area contributed by atoms with Gasteiger partial charge in [0.05, 0.1) is 11.2 Å². The molecule has 1 spiro atoms. The standard InChI is InChI=1S/C58H45BN2Si/c1-5-34(3)38-30-43-44-31-39(35(4)6-2)33-51-57(44)61-56(43)46(32-38)59-45-25-17-24-42-52(36-18-9-7-10-19-36)54(37-20-11-8-12-21-37)60(55(42)45)47-28-29-50(58(61)53(47)59)62(51)48-26-15-13-22-40(48)41-23-14-16-27-49(41)62/h7-35H,5-6H2,1-4H3. The van der Waals surface area contributed by atoms with Crippen LogP contribution in [0.2, 0.25) is 0 Å². The van der Waals surface area contributed by atoms with Crippen LogP contribution in [-0.4, -0.2) is 23.9 Å². The number of fused-ring (bicyclic) bond motifs is 11. The number of rotatable bonds is 6. The summed E-state index contributed by atoms with van der Waals surface area (Å²) in [5.41, 5.74) is 22.1. The fraction of sp³-hybridized carbons (Fsp3) is 0.138. The van der Waals surface area contributed by atoms with Gasteiger partial charge in [-0.2, -0.15) is 0 Å². The molecule has 0 saturated carbocycles. The largest absolute Gasteiger partial charge is 0.310 e. The lowest BCUT2D eigenvalue weighted by atomic mass is 9.34. The summed E-state index contributed by atoms with van der Waals surface area (Å²) in [6.45, 7) is 9.66.